The Kier molecular flexibility index (Phi) is 8.16. The van der Waals surface area contributed by atoms with Gasteiger partial charge in [-0.25, -0.2) is 0 Å². The van der Waals surface area contributed by atoms with E-state index in [1.165, 1.54) is 0 Å². The molecular formula is C29H37ClN4O4. The van der Waals surface area contributed by atoms with Gasteiger partial charge in [-0.1, -0.05) is 41.0 Å². The van der Waals surface area contributed by atoms with E-state index in [1.54, 1.807) is 12.1 Å². The molecule has 1 atom stereocenters. The van der Waals surface area contributed by atoms with Crippen LogP contribution >= 0.6 is 11.6 Å². The molecule has 38 heavy (non-hydrogen) atoms. The summed E-state index contributed by atoms with van der Waals surface area (Å²) in [5.41, 5.74) is 8.05. The minimum atomic E-state index is -0.723. The van der Waals surface area contributed by atoms with E-state index in [9.17, 15) is 9.90 Å². The zero-order chi connectivity index (χ0) is 27.7. The lowest BCUT2D eigenvalue weighted by atomic mass is 9.79. The molecule has 2 aromatic carbocycles. The molecule has 0 amide bonds. The molecule has 2 heterocycles. The monoisotopic (exact) mass is 540 g/mol. The summed E-state index contributed by atoms with van der Waals surface area (Å²) in [6, 6.07) is 13.6. The number of aliphatic carboxylic acids is 1. The molecule has 1 fully saturated rings. The fourth-order valence-electron chi connectivity index (χ4n) is 4.79. The van der Waals surface area contributed by atoms with E-state index in [0.29, 0.717) is 54.0 Å². The topological polar surface area (TPSA) is 115 Å². The van der Waals surface area contributed by atoms with E-state index < -0.39 is 11.4 Å². The molecule has 0 bridgehead atoms. The molecule has 0 radical (unpaired) electrons. The highest BCUT2D eigenvalue weighted by Gasteiger charge is 2.39. The SMILES string of the molecule is CC(C)Oc1ccc(-c2nc(-c3ccc(C(CC(C)(C)N)N4CCC(C)(C(=O)O)CC4)cc3)no2)cc1Cl. The van der Waals surface area contributed by atoms with Crippen molar-refractivity contribution >= 4 is 17.6 Å². The third-order valence-electron chi connectivity index (χ3n) is 7.10. The Morgan fingerprint density at radius 2 is 1.82 bits per heavy atom. The average Bonchev–Trinajstić information content (AvgIpc) is 3.34. The molecule has 204 valence electrons. The number of likely N-dealkylation sites (tertiary alicyclic amines) is 1. The van der Waals surface area contributed by atoms with Crippen LogP contribution in [0, 0.1) is 5.41 Å². The number of rotatable bonds is 9. The summed E-state index contributed by atoms with van der Waals surface area (Å²) < 4.78 is 11.2. The molecule has 9 heteroatoms. The fourth-order valence-corrected chi connectivity index (χ4v) is 5.02. The maximum absolute atomic E-state index is 11.7. The van der Waals surface area contributed by atoms with Gasteiger partial charge in [-0.05, 0) is 90.7 Å². The van der Waals surface area contributed by atoms with Gasteiger partial charge in [0.1, 0.15) is 5.75 Å². The van der Waals surface area contributed by atoms with Crippen LogP contribution in [0.15, 0.2) is 47.0 Å². The number of aromatic nitrogens is 2. The molecule has 1 unspecified atom stereocenters. The van der Waals surface area contributed by atoms with Gasteiger partial charge in [0.2, 0.25) is 5.82 Å². The third-order valence-corrected chi connectivity index (χ3v) is 7.39. The Balaban J connectivity index is 1.52. The molecule has 0 spiro atoms. The number of carboxylic acids is 1. The second kappa shape index (κ2) is 11.0. The summed E-state index contributed by atoms with van der Waals surface area (Å²) in [5, 5.41) is 14.3. The van der Waals surface area contributed by atoms with Crippen molar-refractivity contribution in [2.45, 2.75) is 71.6 Å². The number of hydrogen-bond donors (Lipinski definition) is 2. The number of hydrogen-bond acceptors (Lipinski definition) is 7. The standard InChI is InChI=1S/C29H37ClN4O4/c1-18(2)37-24-11-10-21(16-22(24)30)26-32-25(33-38-26)20-8-6-19(7-9-20)23(17-28(3,4)31)34-14-12-29(5,13-15-34)27(35)36/h6-11,16,18,23H,12-15,17,31H2,1-5H3,(H,35,36). The number of benzene rings is 2. The van der Waals surface area contributed by atoms with E-state index in [2.05, 4.69) is 27.2 Å². The molecule has 3 N–H and O–H groups in total. The van der Waals surface area contributed by atoms with Crippen LogP contribution in [0.5, 0.6) is 5.75 Å². The zero-order valence-corrected chi connectivity index (χ0v) is 23.5. The zero-order valence-electron chi connectivity index (χ0n) is 22.7. The van der Waals surface area contributed by atoms with Crippen molar-refractivity contribution in [1.82, 2.24) is 15.0 Å². The highest BCUT2D eigenvalue weighted by molar-refractivity contribution is 6.32. The Hall–Kier alpha value is -2.94. The van der Waals surface area contributed by atoms with Crippen LogP contribution in [0.4, 0.5) is 0 Å². The summed E-state index contributed by atoms with van der Waals surface area (Å²) in [6.45, 7) is 11.2. The maximum Gasteiger partial charge on any atom is 0.309 e. The predicted molar refractivity (Wildman–Crippen MR) is 148 cm³/mol. The van der Waals surface area contributed by atoms with Crippen LogP contribution < -0.4 is 10.5 Å². The second-order valence-corrected chi connectivity index (χ2v) is 11.9. The minimum absolute atomic E-state index is 0.0201. The highest BCUT2D eigenvalue weighted by atomic mass is 35.5. The van der Waals surface area contributed by atoms with Crippen molar-refractivity contribution in [1.29, 1.82) is 0 Å². The van der Waals surface area contributed by atoms with E-state index in [-0.39, 0.29) is 17.7 Å². The van der Waals surface area contributed by atoms with Gasteiger partial charge < -0.3 is 20.1 Å². The van der Waals surface area contributed by atoms with Crippen LogP contribution in [0.25, 0.3) is 22.8 Å². The molecule has 1 aromatic heterocycles. The Bertz CT molecular complexity index is 1260. The Labute approximate surface area is 229 Å². The second-order valence-electron chi connectivity index (χ2n) is 11.5. The highest BCUT2D eigenvalue weighted by Crippen LogP contribution is 2.38. The lowest BCUT2D eigenvalue weighted by Crippen LogP contribution is -2.46. The van der Waals surface area contributed by atoms with Gasteiger partial charge in [0.25, 0.3) is 5.89 Å². The fraction of sp³-hybridized carbons (Fsp3) is 0.483. The summed E-state index contributed by atoms with van der Waals surface area (Å²) >= 11 is 6.38. The molecule has 1 saturated heterocycles. The van der Waals surface area contributed by atoms with Crippen LogP contribution in [0.1, 0.15) is 65.5 Å². The van der Waals surface area contributed by atoms with Gasteiger partial charge in [0, 0.05) is 22.7 Å². The predicted octanol–water partition coefficient (Wildman–Crippen LogP) is 6.20. The van der Waals surface area contributed by atoms with E-state index >= 15 is 0 Å². The summed E-state index contributed by atoms with van der Waals surface area (Å²) in [6.07, 6.45) is 2.00. The Morgan fingerprint density at radius 1 is 1.18 bits per heavy atom. The first-order chi connectivity index (χ1) is 17.8. The number of halogens is 1. The van der Waals surface area contributed by atoms with Crippen molar-refractivity contribution in [2.75, 3.05) is 13.1 Å². The number of ether oxygens (including phenoxy) is 1. The lowest BCUT2D eigenvalue weighted by molar-refractivity contribution is -0.151. The first-order valence-corrected chi connectivity index (χ1v) is 13.4. The van der Waals surface area contributed by atoms with Crippen LogP contribution in [-0.4, -0.2) is 50.8 Å². The lowest BCUT2D eigenvalue weighted by Gasteiger charge is -2.42. The number of carbonyl (C=O) groups is 1. The first-order valence-electron chi connectivity index (χ1n) is 13.0. The van der Waals surface area contributed by atoms with Gasteiger partial charge >= 0.3 is 5.97 Å². The molecule has 3 aromatic rings. The molecule has 1 aliphatic heterocycles. The Morgan fingerprint density at radius 3 is 2.37 bits per heavy atom. The molecule has 1 aliphatic rings. The molecular weight excluding hydrogens is 504 g/mol. The van der Waals surface area contributed by atoms with Gasteiger partial charge in [-0.15, -0.1) is 0 Å². The van der Waals surface area contributed by atoms with Gasteiger partial charge in [0.05, 0.1) is 16.5 Å². The van der Waals surface area contributed by atoms with E-state index in [1.807, 2.05) is 52.8 Å². The van der Waals surface area contributed by atoms with Crippen molar-refractivity contribution < 1.29 is 19.2 Å². The van der Waals surface area contributed by atoms with Crippen molar-refractivity contribution in [2.24, 2.45) is 11.1 Å². The van der Waals surface area contributed by atoms with Gasteiger partial charge in [-0.3, -0.25) is 9.69 Å². The normalized spacial score (nSPS) is 16.9. The van der Waals surface area contributed by atoms with Gasteiger partial charge in [0.15, 0.2) is 0 Å². The van der Waals surface area contributed by atoms with E-state index in [4.69, 9.17) is 26.6 Å². The van der Waals surface area contributed by atoms with Crippen molar-refractivity contribution in [3.8, 4) is 28.6 Å². The third kappa shape index (κ3) is 6.54. The largest absolute Gasteiger partial charge is 0.489 e. The number of carboxylic acid groups (broad SMARTS) is 1. The van der Waals surface area contributed by atoms with E-state index in [0.717, 1.165) is 17.5 Å². The van der Waals surface area contributed by atoms with Gasteiger partial charge in [-0.2, -0.15) is 4.98 Å². The number of nitrogens with zero attached hydrogens (tertiary/aromatic N) is 3. The average molecular weight is 541 g/mol. The summed E-state index contributed by atoms with van der Waals surface area (Å²) in [4.78, 5) is 18.6. The summed E-state index contributed by atoms with van der Waals surface area (Å²) in [5.74, 6) is 0.742. The molecule has 0 saturated carbocycles. The summed E-state index contributed by atoms with van der Waals surface area (Å²) in [7, 11) is 0. The molecule has 0 aliphatic carbocycles. The quantitative estimate of drug-likeness (QED) is 0.329. The maximum atomic E-state index is 11.7. The van der Waals surface area contributed by atoms with Crippen molar-refractivity contribution in [3.05, 3.63) is 53.1 Å². The first kappa shape index (κ1) is 28.1. The van der Waals surface area contributed by atoms with Crippen LogP contribution in [0.3, 0.4) is 0 Å². The number of piperidine rings is 1. The molecule has 8 nitrogen and oxygen atoms in total. The number of nitrogens with two attached hydrogens (primary N) is 1. The molecule has 4 rings (SSSR count). The smallest absolute Gasteiger partial charge is 0.309 e. The van der Waals surface area contributed by atoms with Crippen LogP contribution in [0.2, 0.25) is 5.02 Å². The minimum Gasteiger partial charge on any atom is -0.489 e. The van der Waals surface area contributed by atoms with Crippen molar-refractivity contribution in [3.63, 3.8) is 0 Å². The van der Waals surface area contributed by atoms with Crippen LogP contribution in [-0.2, 0) is 4.79 Å².